The number of thioether (sulfide) groups is 1. The quantitative estimate of drug-likeness (QED) is 0.628. The van der Waals surface area contributed by atoms with Crippen molar-refractivity contribution in [1.29, 1.82) is 0 Å². The molecule has 4 nitrogen and oxygen atoms in total. The Bertz CT molecular complexity index is 432. The number of nitrogens with two attached hydrogens (primary N) is 1. The van der Waals surface area contributed by atoms with E-state index in [1.165, 1.54) is 6.33 Å². The Morgan fingerprint density at radius 3 is 2.87 bits per heavy atom. The Labute approximate surface area is 92.0 Å². The van der Waals surface area contributed by atoms with Gasteiger partial charge in [0.2, 0.25) is 0 Å². The van der Waals surface area contributed by atoms with E-state index in [0.717, 1.165) is 22.2 Å². The molecule has 15 heavy (non-hydrogen) atoms. The number of hydrogen-bond donors (Lipinski definition) is 1. The lowest BCUT2D eigenvalue weighted by Crippen LogP contribution is -1.91. The average Bonchev–Trinajstić information content (AvgIpc) is 2.28. The van der Waals surface area contributed by atoms with E-state index in [1.54, 1.807) is 30.2 Å². The van der Waals surface area contributed by atoms with Gasteiger partial charge in [-0.15, -0.1) is 0 Å². The highest BCUT2D eigenvalue weighted by Crippen LogP contribution is 2.19. The van der Waals surface area contributed by atoms with Gasteiger partial charge in [-0.05, 0) is 18.2 Å². The van der Waals surface area contributed by atoms with E-state index in [0.29, 0.717) is 0 Å². The Morgan fingerprint density at radius 1 is 1.20 bits per heavy atom. The molecule has 0 radical (unpaired) electrons. The molecule has 76 valence electrons. The minimum Gasteiger partial charge on any atom is -0.399 e. The molecular weight excluding hydrogens is 208 g/mol. The highest BCUT2D eigenvalue weighted by molar-refractivity contribution is 7.98. The Kier molecular flexibility index (Phi) is 3.14. The Balaban J connectivity index is 1.99. The largest absolute Gasteiger partial charge is 0.399 e. The van der Waals surface area contributed by atoms with Crippen LogP contribution in [0.2, 0.25) is 0 Å². The first-order valence-electron chi connectivity index (χ1n) is 4.44. The van der Waals surface area contributed by atoms with Crippen LogP contribution in [0.4, 0.5) is 5.69 Å². The molecule has 0 saturated carbocycles. The van der Waals surface area contributed by atoms with Crippen LogP contribution in [-0.2, 0) is 5.75 Å². The summed E-state index contributed by atoms with van der Waals surface area (Å²) in [5.74, 6) is 0.766. The van der Waals surface area contributed by atoms with E-state index in [-0.39, 0.29) is 0 Å². The molecule has 2 aromatic rings. The Morgan fingerprint density at radius 2 is 2.13 bits per heavy atom. The summed E-state index contributed by atoms with van der Waals surface area (Å²) in [6.45, 7) is 0. The first-order chi connectivity index (χ1) is 7.34. The van der Waals surface area contributed by atoms with E-state index in [2.05, 4.69) is 15.0 Å². The molecule has 0 bridgehead atoms. The molecule has 2 rings (SSSR count). The van der Waals surface area contributed by atoms with Crippen molar-refractivity contribution in [3.63, 3.8) is 0 Å². The summed E-state index contributed by atoms with van der Waals surface area (Å²) in [6, 6.07) is 5.52. The molecule has 5 heteroatoms. The molecule has 2 N–H and O–H groups in total. The molecule has 2 aromatic heterocycles. The second-order valence-electron chi connectivity index (χ2n) is 2.92. The number of aromatic nitrogens is 3. The summed E-state index contributed by atoms with van der Waals surface area (Å²) >= 11 is 1.61. The van der Waals surface area contributed by atoms with E-state index in [9.17, 15) is 0 Å². The lowest BCUT2D eigenvalue weighted by Gasteiger charge is -2.00. The van der Waals surface area contributed by atoms with Crippen LogP contribution < -0.4 is 5.73 Å². The second-order valence-corrected chi connectivity index (χ2v) is 3.91. The molecular formula is C10H10N4S. The van der Waals surface area contributed by atoms with Crippen LogP contribution in [0.25, 0.3) is 0 Å². The van der Waals surface area contributed by atoms with Crippen LogP contribution in [0.15, 0.2) is 41.9 Å². The summed E-state index contributed by atoms with van der Waals surface area (Å²) in [5, 5.41) is 0.939. The van der Waals surface area contributed by atoms with Crippen LogP contribution >= 0.6 is 11.8 Å². The molecule has 0 aliphatic heterocycles. The van der Waals surface area contributed by atoms with Crippen molar-refractivity contribution in [2.24, 2.45) is 0 Å². The van der Waals surface area contributed by atoms with Gasteiger partial charge in [-0.1, -0.05) is 11.8 Å². The number of pyridine rings is 1. The van der Waals surface area contributed by atoms with Gasteiger partial charge >= 0.3 is 0 Å². The molecule has 0 aliphatic rings. The van der Waals surface area contributed by atoms with Crippen LogP contribution in [0, 0.1) is 0 Å². The molecule has 0 spiro atoms. The van der Waals surface area contributed by atoms with Gasteiger partial charge in [0.15, 0.2) is 0 Å². The molecule has 0 unspecified atom stereocenters. The summed E-state index contributed by atoms with van der Waals surface area (Å²) in [6.07, 6.45) is 4.97. The lowest BCUT2D eigenvalue weighted by atomic mass is 10.3. The van der Waals surface area contributed by atoms with Crippen LogP contribution in [0.1, 0.15) is 5.69 Å². The SMILES string of the molecule is Nc1ccnc(CSc2ccncn2)c1. The molecule has 0 aromatic carbocycles. The maximum Gasteiger partial charge on any atom is 0.116 e. The molecule has 0 saturated heterocycles. The van der Waals surface area contributed by atoms with Gasteiger partial charge in [-0.2, -0.15) is 0 Å². The van der Waals surface area contributed by atoms with Crippen LogP contribution in [-0.4, -0.2) is 15.0 Å². The Hall–Kier alpha value is -1.62. The zero-order valence-corrected chi connectivity index (χ0v) is 8.81. The number of nitrogens with zero attached hydrogens (tertiary/aromatic N) is 3. The van der Waals surface area contributed by atoms with E-state index in [1.807, 2.05) is 12.1 Å². The second kappa shape index (κ2) is 4.75. The molecule has 0 fully saturated rings. The number of hydrogen-bond acceptors (Lipinski definition) is 5. The monoisotopic (exact) mass is 218 g/mol. The van der Waals surface area contributed by atoms with Crippen molar-refractivity contribution >= 4 is 17.4 Å². The third-order valence-corrected chi connectivity index (χ3v) is 2.74. The van der Waals surface area contributed by atoms with Crippen molar-refractivity contribution in [2.75, 3.05) is 5.73 Å². The predicted molar refractivity (Wildman–Crippen MR) is 60.2 cm³/mol. The van der Waals surface area contributed by atoms with Crippen molar-refractivity contribution in [3.8, 4) is 0 Å². The van der Waals surface area contributed by atoms with Gasteiger partial charge < -0.3 is 5.73 Å². The molecule has 0 aliphatic carbocycles. The number of nitrogen functional groups attached to an aromatic ring is 1. The third kappa shape index (κ3) is 2.92. The van der Waals surface area contributed by atoms with Crippen molar-refractivity contribution in [1.82, 2.24) is 15.0 Å². The van der Waals surface area contributed by atoms with Crippen molar-refractivity contribution < 1.29 is 0 Å². The summed E-state index contributed by atoms with van der Waals surface area (Å²) in [4.78, 5) is 12.2. The topological polar surface area (TPSA) is 64.7 Å². The van der Waals surface area contributed by atoms with Gasteiger partial charge in [-0.3, -0.25) is 4.98 Å². The zero-order valence-electron chi connectivity index (χ0n) is 8.00. The van der Waals surface area contributed by atoms with Crippen molar-refractivity contribution in [2.45, 2.75) is 10.8 Å². The molecule has 0 atom stereocenters. The van der Waals surface area contributed by atoms with E-state index in [4.69, 9.17) is 5.73 Å². The van der Waals surface area contributed by atoms with E-state index < -0.39 is 0 Å². The van der Waals surface area contributed by atoms with Gasteiger partial charge in [0.1, 0.15) is 6.33 Å². The average molecular weight is 218 g/mol. The van der Waals surface area contributed by atoms with Gasteiger partial charge in [0.05, 0.1) is 10.7 Å². The standard InChI is InChI=1S/C10H10N4S/c11-8-1-4-13-9(5-8)6-15-10-2-3-12-7-14-10/h1-5,7H,6H2,(H2,11,13). The predicted octanol–water partition coefficient (Wildman–Crippen LogP) is 1.75. The lowest BCUT2D eigenvalue weighted by molar-refractivity contribution is 1.04. The third-order valence-electron chi connectivity index (χ3n) is 1.76. The first kappa shape index (κ1) is 9.92. The fourth-order valence-electron chi connectivity index (χ4n) is 1.09. The minimum absolute atomic E-state index is 0.739. The summed E-state index contributed by atoms with van der Waals surface area (Å²) < 4.78 is 0. The number of rotatable bonds is 3. The fourth-order valence-corrected chi connectivity index (χ4v) is 1.82. The van der Waals surface area contributed by atoms with Crippen LogP contribution in [0.3, 0.4) is 0 Å². The zero-order chi connectivity index (χ0) is 10.5. The molecule has 2 heterocycles. The van der Waals surface area contributed by atoms with Gasteiger partial charge in [-0.25, -0.2) is 9.97 Å². The summed E-state index contributed by atoms with van der Waals surface area (Å²) in [5.41, 5.74) is 7.35. The smallest absolute Gasteiger partial charge is 0.116 e. The highest BCUT2D eigenvalue weighted by atomic mass is 32.2. The normalized spacial score (nSPS) is 10.1. The maximum atomic E-state index is 5.65. The van der Waals surface area contributed by atoms with E-state index >= 15 is 0 Å². The summed E-state index contributed by atoms with van der Waals surface area (Å²) in [7, 11) is 0. The van der Waals surface area contributed by atoms with Crippen LogP contribution in [0.5, 0.6) is 0 Å². The highest BCUT2D eigenvalue weighted by Gasteiger charge is 1.98. The van der Waals surface area contributed by atoms with Gasteiger partial charge in [0, 0.05) is 23.8 Å². The number of anilines is 1. The van der Waals surface area contributed by atoms with Gasteiger partial charge in [0.25, 0.3) is 0 Å². The molecule has 0 amide bonds. The first-order valence-corrected chi connectivity index (χ1v) is 5.42. The fraction of sp³-hybridized carbons (Fsp3) is 0.100. The van der Waals surface area contributed by atoms with Crippen molar-refractivity contribution in [3.05, 3.63) is 42.6 Å². The maximum absolute atomic E-state index is 5.65. The minimum atomic E-state index is 0.739.